The van der Waals surface area contributed by atoms with Crippen molar-refractivity contribution in [2.75, 3.05) is 19.3 Å². The molecule has 0 spiro atoms. The largest absolute Gasteiger partial charge is 0.357 e. The summed E-state index contributed by atoms with van der Waals surface area (Å²) >= 11 is 1.83. The summed E-state index contributed by atoms with van der Waals surface area (Å²) in [5.74, 6) is 1.56. The summed E-state index contributed by atoms with van der Waals surface area (Å²) in [4.78, 5) is 4.59. The number of hydrogen-bond acceptors (Lipinski definition) is 4. The Balaban J connectivity index is 2.00. The SMILES string of the molecule is CCNC(=NCc1cc(-c2ccccc2)on1)NCC(C)(C)SC. The second-order valence-electron chi connectivity index (χ2n) is 6.06. The van der Waals surface area contributed by atoms with Gasteiger partial charge in [-0.15, -0.1) is 0 Å². The van der Waals surface area contributed by atoms with E-state index in [0.29, 0.717) is 6.54 Å². The Morgan fingerprint density at radius 1 is 1.25 bits per heavy atom. The van der Waals surface area contributed by atoms with Gasteiger partial charge in [-0.05, 0) is 27.0 Å². The number of benzene rings is 1. The van der Waals surface area contributed by atoms with Crippen LogP contribution in [0.15, 0.2) is 45.9 Å². The highest BCUT2D eigenvalue weighted by molar-refractivity contribution is 7.99. The molecular weight excluding hydrogens is 320 g/mol. The summed E-state index contributed by atoms with van der Waals surface area (Å²) in [6.45, 7) is 8.61. The van der Waals surface area contributed by atoms with E-state index in [4.69, 9.17) is 4.52 Å². The molecule has 0 amide bonds. The molecule has 0 saturated carbocycles. The number of hydrogen-bond donors (Lipinski definition) is 2. The van der Waals surface area contributed by atoms with Crippen LogP contribution >= 0.6 is 11.8 Å². The molecule has 1 aromatic carbocycles. The van der Waals surface area contributed by atoms with E-state index in [1.54, 1.807) is 0 Å². The third-order valence-electron chi connectivity index (χ3n) is 3.59. The Kier molecular flexibility index (Phi) is 6.73. The summed E-state index contributed by atoms with van der Waals surface area (Å²) in [7, 11) is 0. The molecule has 2 rings (SSSR count). The van der Waals surface area contributed by atoms with E-state index in [-0.39, 0.29) is 4.75 Å². The molecule has 5 nitrogen and oxygen atoms in total. The first kappa shape index (κ1) is 18.4. The fourth-order valence-electron chi connectivity index (χ4n) is 2.00. The Bertz CT molecular complexity index is 652. The van der Waals surface area contributed by atoms with Gasteiger partial charge >= 0.3 is 0 Å². The summed E-state index contributed by atoms with van der Waals surface area (Å²) in [5, 5.41) is 10.7. The lowest BCUT2D eigenvalue weighted by molar-refractivity contribution is 0.424. The minimum atomic E-state index is 0.157. The van der Waals surface area contributed by atoms with Crippen molar-refractivity contribution in [3.63, 3.8) is 0 Å². The molecule has 2 N–H and O–H groups in total. The zero-order valence-electron chi connectivity index (χ0n) is 14.8. The minimum absolute atomic E-state index is 0.157. The fraction of sp³-hybridized carbons (Fsp3) is 0.444. The van der Waals surface area contributed by atoms with Crippen LogP contribution in [0, 0.1) is 0 Å². The maximum atomic E-state index is 5.41. The highest BCUT2D eigenvalue weighted by atomic mass is 32.2. The molecule has 0 aliphatic heterocycles. The zero-order chi connectivity index (χ0) is 17.4. The first-order valence-corrected chi connectivity index (χ1v) is 9.35. The van der Waals surface area contributed by atoms with Crippen LogP contribution in [0.5, 0.6) is 0 Å². The van der Waals surface area contributed by atoms with Crippen LogP contribution in [0.4, 0.5) is 0 Å². The molecule has 130 valence electrons. The summed E-state index contributed by atoms with van der Waals surface area (Å²) in [5.41, 5.74) is 1.84. The fourth-order valence-corrected chi connectivity index (χ4v) is 2.21. The second-order valence-corrected chi connectivity index (χ2v) is 7.57. The Labute approximate surface area is 148 Å². The number of nitrogens with one attached hydrogen (secondary N) is 2. The van der Waals surface area contributed by atoms with Crippen LogP contribution in [-0.4, -0.2) is 35.2 Å². The Morgan fingerprint density at radius 2 is 2.00 bits per heavy atom. The maximum absolute atomic E-state index is 5.41. The van der Waals surface area contributed by atoms with E-state index in [2.05, 4.69) is 47.8 Å². The van der Waals surface area contributed by atoms with Gasteiger partial charge in [-0.1, -0.05) is 35.5 Å². The van der Waals surface area contributed by atoms with E-state index in [0.717, 1.165) is 36.1 Å². The van der Waals surface area contributed by atoms with Gasteiger partial charge in [0, 0.05) is 29.5 Å². The van der Waals surface area contributed by atoms with Crippen molar-refractivity contribution in [2.24, 2.45) is 4.99 Å². The van der Waals surface area contributed by atoms with Crippen molar-refractivity contribution in [1.82, 2.24) is 15.8 Å². The van der Waals surface area contributed by atoms with E-state index in [9.17, 15) is 0 Å². The number of nitrogens with zero attached hydrogens (tertiary/aromatic N) is 2. The quantitative estimate of drug-likeness (QED) is 0.593. The Morgan fingerprint density at radius 3 is 2.67 bits per heavy atom. The number of aliphatic imine (C=N–C) groups is 1. The van der Waals surface area contributed by atoms with E-state index in [1.165, 1.54) is 0 Å². The lowest BCUT2D eigenvalue weighted by atomic mass is 10.2. The molecule has 0 fully saturated rings. The predicted molar refractivity (Wildman–Crippen MR) is 102 cm³/mol. The van der Waals surface area contributed by atoms with Crippen molar-refractivity contribution >= 4 is 17.7 Å². The standard InChI is InChI=1S/C18H26N4OS/c1-5-19-17(21-13-18(2,3)24-4)20-12-15-11-16(23-22-15)14-9-7-6-8-10-14/h6-11H,5,12-13H2,1-4H3,(H2,19,20,21). The van der Waals surface area contributed by atoms with Crippen LogP contribution in [0.25, 0.3) is 11.3 Å². The lowest BCUT2D eigenvalue weighted by Gasteiger charge is -2.23. The van der Waals surface area contributed by atoms with Crippen molar-refractivity contribution in [3.05, 3.63) is 42.1 Å². The summed E-state index contributed by atoms with van der Waals surface area (Å²) < 4.78 is 5.57. The van der Waals surface area contributed by atoms with Gasteiger partial charge in [0.05, 0.1) is 6.54 Å². The summed E-state index contributed by atoms with van der Waals surface area (Å²) in [6.07, 6.45) is 2.12. The van der Waals surface area contributed by atoms with Gasteiger partial charge in [-0.2, -0.15) is 11.8 Å². The van der Waals surface area contributed by atoms with Crippen molar-refractivity contribution in [2.45, 2.75) is 32.1 Å². The molecule has 2 aromatic rings. The van der Waals surface area contributed by atoms with Crippen molar-refractivity contribution < 1.29 is 4.52 Å². The van der Waals surface area contributed by atoms with Gasteiger partial charge in [-0.3, -0.25) is 0 Å². The van der Waals surface area contributed by atoms with E-state index < -0.39 is 0 Å². The third kappa shape index (κ3) is 5.60. The van der Waals surface area contributed by atoms with Crippen molar-refractivity contribution in [3.8, 4) is 11.3 Å². The molecule has 6 heteroatoms. The zero-order valence-corrected chi connectivity index (χ0v) is 15.6. The number of aromatic nitrogens is 1. The average molecular weight is 347 g/mol. The molecular formula is C18H26N4OS. The normalized spacial score (nSPS) is 12.2. The average Bonchev–Trinajstić information content (AvgIpc) is 3.07. The van der Waals surface area contributed by atoms with E-state index >= 15 is 0 Å². The molecule has 0 aliphatic rings. The van der Waals surface area contributed by atoms with Crippen LogP contribution in [0.3, 0.4) is 0 Å². The molecule has 1 heterocycles. The maximum Gasteiger partial charge on any atom is 0.191 e. The topological polar surface area (TPSA) is 62.5 Å². The Hall–Kier alpha value is -1.95. The monoisotopic (exact) mass is 346 g/mol. The minimum Gasteiger partial charge on any atom is -0.357 e. The lowest BCUT2D eigenvalue weighted by Crippen LogP contribution is -2.43. The smallest absolute Gasteiger partial charge is 0.191 e. The van der Waals surface area contributed by atoms with Gasteiger partial charge in [-0.25, -0.2) is 4.99 Å². The first-order chi connectivity index (χ1) is 11.5. The van der Waals surface area contributed by atoms with Crippen LogP contribution in [0.1, 0.15) is 26.5 Å². The molecule has 24 heavy (non-hydrogen) atoms. The molecule has 0 bridgehead atoms. The third-order valence-corrected chi connectivity index (χ3v) is 4.84. The van der Waals surface area contributed by atoms with Crippen LogP contribution in [0.2, 0.25) is 0 Å². The van der Waals surface area contributed by atoms with Crippen LogP contribution < -0.4 is 10.6 Å². The highest BCUT2D eigenvalue weighted by Crippen LogP contribution is 2.20. The molecule has 0 saturated heterocycles. The van der Waals surface area contributed by atoms with Crippen molar-refractivity contribution in [1.29, 1.82) is 0 Å². The number of thioether (sulfide) groups is 1. The predicted octanol–water partition coefficient (Wildman–Crippen LogP) is 3.54. The number of guanidine groups is 1. The first-order valence-electron chi connectivity index (χ1n) is 8.12. The molecule has 0 radical (unpaired) electrons. The molecule has 0 atom stereocenters. The number of rotatable bonds is 7. The summed E-state index contributed by atoms with van der Waals surface area (Å²) in [6, 6.07) is 11.9. The molecule has 0 unspecified atom stereocenters. The highest BCUT2D eigenvalue weighted by Gasteiger charge is 2.16. The van der Waals surface area contributed by atoms with Gasteiger partial charge in [0.1, 0.15) is 5.69 Å². The second kappa shape index (κ2) is 8.78. The van der Waals surface area contributed by atoms with Gasteiger partial charge in [0.15, 0.2) is 11.7 Å². The van der Waals surface area contributed by atoms with E-state index in [1.807, 2.05) is 48.2 Å². The van der Waals surface area contributed by atoms with Crippen LogP contribution in [-0.2, 0) is 6.54 Å². The van der Waals surface area contributed by atoms with Gasteiger partial charge < -0.3 is 15.2 Å². The molecule has 0 aliphatic carbocycles. The van der Waals surface area contributed by atoms with Gasteiger partial charge in [0.25, 0.3) is 0 Å². The van der Waals surface area contributed by atoms with Gasteiger partial charge in [0.2, 0.25) is 0 Å². The molecule has 1 aromatic heterocycles.